The maximum atomic E-state index is 2.33. The molecule has 0 amide bonds. The fourth-order valence-corrected chi connectivity index (χ4v) is 7.18. The molecule has 254 valence electrons. The van der Waals surface area contributed by atoms with Crippen LogP contribution in [0, 0.1) is 6.92 Å². The van der Waals surface area contributed by atoms with Gasteiger partial charge < -0.3 is 4.90 Å². The number of aryl methyl sites for hydroxylation is 1. The van der Waals surface area contributed by atoms with Gasteiger partial charge in [-0.1, -0.05) is 164 Å². The standard InChI is InChI=1S/C52H41N/c1-3-14-39-23-24-46(35-38(39)2)45-20-13-19-44(36-45)40-25-30-49(31-26-40)53(48-21-11-6-12-22-48)50-32-27-41(28-33-50)47-29-34-51(42-15-7-4-8-16-42)52(37-47)43-17-9-5-10-18-43/h3-37H,1-2H3/b14-3-. The van der Waals surface area contributed by atoms with Crippen molar-refractivity contribution in [1.82, 2.24) is 0 Å². The van der Waals surface area contributed by atoms with E-state index in [0.29, 0.717) is 0 Å². The third-order valence-electron chi connectivity index (χ3n) is 9.93. The summed E-state index contributed by atoms with van der Waals surface area (Å²) in [6.07, 6.45) is 4.25. The lowest BCUT2D eigenvalue weighted by Gasteiger charge is -2.26. The number of hydrogen-bond donors (Lipinski definition) is 0. The Labute approximate surface area is 313 Å². The summed E-state index contributed by atoms with van der Waals surface area (Å²) in [6.45, 7) is 4.24. The molecule has 1 nitrogen and oxygen atoms in total. The van der Waals surface area contributed by atoms with Crippen molar-refractivity contribution in [2.75, 3.05) is 4.90 Å². The van der Waals surface area contributed by atoms with E-state index in [1.54, 1.807) is 0 Å². The van der Waals surface area contributed by atoms with Crippen molar-refractivity contribution in [3.63, 3.8) is 0 Å². The van der Waals surface area contributed by atoms with Gasteiger partial charge in [0.05, 0.1) is 0 Å². The molecule has 0 aromatic heterocycles. The van der Waals surface area contributed by atoms with Crippen molar-refractivity contribution in [2.24, 2.45) is 0 Å². The molecule has 0 N–H and O–H groups in total. The summed E-state index contributed by atoms with van der Waals surface area (Å²) >= 11 is 0. The fraction of sp³-hybridized carbons (Fsp3) is 0.0385. The zero-order valence-corrected chi connectivity index (χ0v) is 30.2. The molecule has 0 saturated heterocycles. The molecule has 0 aliphatic heterocycles. The molecule has 8 aromatic carbocycles. The van der Waals surface area contributed by atoms with Crippen LogP contribution in [-0.2, 0) is 0 Å². The third kappa shape index (κ3) is 7.24. The van der Waals surface area contributed by atoms with Crippen LogP contribution in [-0.4, -0.2) is 0 Å². The molecule has 0 fully saturated rings. The van der Waals surface area contributed by atoms with E-state index in [1.165, 1.54) is 66.8 Å². The number of allylic oxidation sites excluding steroid dienone is 1. The Balaban J connectivity index is 1.11. The number of rotatable bonds is 9. The van der Waals surface area contributed by atoms with Gasteiger partial charge in [0.25, 0.3) is 0 Å². The summed E-state index contributed by atoms with van der Waals surface area (Å²) in [5, 5.41) is 0. The molecule has 8 aromatic rings. The monoisotopic (exact) mass is 679 g/mol. The lowest BCUT2D eigenvalue weighted by atomic mass is 9.91. The van der Waals surface area contributed by atoms with Crippen molar-refractivity contribution in [3.05, 3.63) is 217 Å². The van der Waals surface area contributed by atoms with Crippen molar-refractivity contribution >= 4 is 23.1 Å². The first-order chi connectivity index (χ1) is 26.1. The highest BCUT2D eigenvalue weighted by Gasteiger charge is 2.15. The summed E-state index contributed by atoms with van der Waals surface area (Å²) in [5.74, 6) is 0. The Morgan fingerprint density at radius 2 is 0.774 bits per heavy atom. The van der Waals surface area contributed by atoms with Crippen LogP contribution in [0.5, 0.6) is 0 Å². The van der Waals surface area contributed by atoms with Crippen LogP contribution in [0.15, 0.2) is 206 Å². The average molecular weight is 680 g/mol. The van der Waals surface area contributed by atoms with E-state index in [-0.39, 0.29) is 0 Å². The largest absolute Gasteiger partial charge is 0.311 e. The van der Waals surface area contributed by atoms with E-state index in [9.17, 15) is 0 Å². The summed E-state index contributed by atoms with van der Waals surface area (Å²) in [6, 6.07) is 72.2. The molecule has 0 heterocycles. The SMILES string of the molecule is C/C=C\c1ccc(-c2cccc(-c3ccc(N(c4ccccc4)c4ccc(-c5ccc(-c6ccccc6)c(-c6ccccc6)c5)cc4)cc3)c2)cc1C. The molecule has 0 saturated carbocycles. The van der Waals surface area contributed by atoms with Gasteiger partial charge >= 0.3 is 0 Å². The molecule has 8 rings (SSSR count). The van der Waals surface area contributed by atoms with Crippen LogP contribution in [0.2, 0.25) is 0 Å². The molecule has 0 aliphatic rings. The van der Waals surface area contributed by atoms with Gasteiger partial charge in [0.15, 0.2) is 0 Å². The summed E-state index contributed by atoms with van der Waals surface area (Å²) in [5.41, 5.74) is 18.0. The molecule has 0 radical (unpaired) electrons. The quantitative estimate of drug-likeness (QED) is 0.147. The molecule has 53 heavy (non-hydrogen) atoms. The lowest BCUT2D eigenvalue weighted by Crippen LogP contribution is -2.09. The summed E-state index contributed by atoms with van der Waals surface area (Å²) in [7, 11) is 0. The smallest absolute Gasteiger partial charge is 0.0462 e. The van der Waals surface area contributed by atoms with Crippen LogP contribution in [0.3, 0.4) is 0 Å². The van der Waals surface area contributed by atoms with E-state index in [0.717, 1.165) is 17.1 Å². The highest BCUT2D eigenvalue weighted by molar-refractivity contribution is 5.88. The van der Waals surface area contributed by atoms with Crippen LogP contribution >= 0.6 is 0 Å². The normalized spacial score (nSPS) is 11.1. The molecule has 0 aliphatic carbocycles. The van der Waals surface area contributed by atoms with Gasteiger partial charge in [-0.15, -0.1) is 0 Å². The molecule has 1 heteroatoms. The third-order valence-corrected chi connectivity index (χ3v) is 9.93. The van der Waals surface area contributed by atoms with Gasteiger partial charge in [-0.3, -0.25) is 0 Å². The van der Waals surface area contributed by atoms with Crippen LogP contribution < -0.4 is 4.90 Å². The van der Waals surface area contributed by atoms with Crippen molar-refractivity contribution < 1.29 is 0 Å². The van der Waals surface area contributed by atoms with E-state index in [1.807, 2.05) is 0 Å². The average Bonchev–Trinajstić information content (AvgIpc) is 3.23. The number of anilines is 3. The number of nitrogens with zero attached hydrogens (tertiary/aromatic N) is 1. The summed E-state index contributed by atoms with van der Waals surface area (Å²) < 4.78 is 0. The molecular weight excluding hydrogens is 639 g/mol. The Bertz CT molecular complexity index is 2480. The van der Waals surface area contributed by atoms with Crippen molar-refractivity contribution in [1.29, 1.82) is 0 Å². The second-order valence-corrected chi connectivity index (χ2v) is 13.4. The van der Waals surface area contributed by atoms with Gasteiger partial charge in [0.2, 0.25) is 0 Å². The minimum atomic E-state index is 1.11. The van der Waals surface area contributed by atoms with Crippen LogP contribution in [0.4, 0.5) is 17.1 Å². The predicted octanol–water partition coefficient (Wildman–Crippen LogP) is 14.8. The molecule has 0 bridgehead atoms. The Morgan fingerprint density at radius 1 is 0.340 bits per heavy atom. The highest BCUT2D eigenvalue weighted by Crippen LogP contribution is 2.39. The maximum Gasteiger partial charge on any atom is 0.0462 e. The van der Waals surface area contributed by atoms with Gasteiger partial charge in [-0.25, -0.2) is 0 Å². The second-order valence-electron chi connectivity index (χ2n) is 13.4. The van der Waals surface area contributed by atoms with E-state index < -0.39 is 0 Å². The Kier molecular flexibility index (Phi) is 9.64. The first-order valence-electron chi connectivity index (χ1n) is 18.3. The number of para-hydroxylation sites is 1. The Hall–Kier alpha value is -6.70. The van der Waals surface area contributed by atoms with E-state index in [4.69, 9.17) is 0 Å². The van der Waals surface area contributed by atoms with Crippen LogP contribution in [0.25, 0.3) is 61.7 Å². The van der Waals surface area contributed by atoms with Crippen molar-refractivity contribution in [2.45, 2.75) is 13.8 Å². The van der Waals surface area contributed by atoms with E-state index >= 15 is 0 Å². The molecule has 0 atom stereocenters. The minimum absolute atomic E-state index is 1.11. The zero-order valence-electron chi connectivity index (χ0n) is 30.2. The van der Waals surface area contributed by atoms with E-state index in [2.05, 4.69) is 231 Å². The highest BCUT2D eigenvalue weighted by atomic mass is 15.1. The molecule has 0 spiro atoms. The lowest BCUT2D eigenvalue weighted by molar-refractivity contribution is 1.28. The molecule has 0 unspecified atom stereocenters. The van der Waals surface area contributed by atoms with Crippen molar-refractivity contribution in [3.8, 4) is 55.6 Å². The number of hydrogen-bond acceptors (Lipinski definition) is 1. The maximum absolute atomic E-state index is 2.33. The minimum Gasteiger partial charge on any atom is -0.311 e. The predicted molar refractivity (Wildman–Crippen MR) is 228 cm³/mol. The second kappa shape index (κ2) is 15.3. The first kappa shape index (κ1) is 33.4. The van der Waals surface area contributed by atoms with Gasteiger partial charge in [0.1, 0.15) is 0 Å². The molecular formula is C52H41N. The zero-order chi connectivity index (χ0) is 36.0. The first-order valence-corrected chi connectivity index (χ1v) is 18.3. The topological polar surface area (TPSA) is 3.24 Å². The summed E-state index contributed by atoms with van der Waals surface area (Å²) in [4.78, 5) is 2.33. The Morgan fingerprint density at radius 3 is 1.34 bits per heavy atom. The van der Waals surface area contributed by atoms with Gasteiger partial charge in [-0.05, 0) is 129 Å². The van der Waals surface area contributed by atoms with Gasteiger partial charge in [0, 0.05) is 17.1 Å². The fourth-order valence-electron chi connectivity index (χ4n) is 7.18. The number of benzene rings is 8. The van der Waals surface area contributed by atoms with Crippen LogP contribution in [0.1, 0.15) is 18.1 Å². The van der Waals surface area contributed by atoms with Gasteiger partial charge in [-0.2, -0.15) is 0 Å².